The third-order valence-electron chi connectivity index (χ3n) is 4.31. The zero-order chi connectivity index (χ0) is 22.7. The zero-order valence-corrected chi connectivity index (χ0v) is 18.1. The molecular weight excluding hydrogens is 472 g/mol. The lowest BCUT2D eigenvalue weighted by molar-refractivity contribution is -0.122. The van der Waals surface area contributed by atoms with E-state index in [1.54, 1.807) is 6.92 Å². The van der Waals surface area contributed by atoms with Gasteiger partial charge in [0, 0.05) is 0 Å². The molecule has 0 unspecified atom stereocenters. The summed E-state index contributed by atoms with van der Waals surface area (Å²) in [5.41, 5.74) is 0.495. The van der Waals surface area contributed by atoms with Gasteiger partial charge in [0.05, 0.1) is 29.4 Å². The molecule has 0 bridgehead atoms. The maximum absolute atomic E-state index is 13.0. The summed E-state index contributed by atoms with van der Waals surface area (Å²) in [6.07, 6.45) is 1.28. The highest BCUT2D eigenvalue weighted by molar-refractivity contribution is 9.10. The molecule has 10 heteroatoms. The van der Waals surface area contributed by atoms with Gasteiger partial charge in [-0.15, -0.1) is 0 Å². The standard InChI is InChI=1S/C21H17BrN2O7/c1-3-31-16-10-11(9-15(22)17(16)25)8-14-18(26)23-21(29)24(19(14)27)13-6-4-12(5-7-13)20(28)30-2/h4-10,25H,3H2,1-2H3,(H,23,26,29)/b14-8+. The third-order valence-corrected chi connectivity index (χ3v) is 4.91. The molecule has 1 fully saturated rings. The average molecular weight is 489 g/mol. The summed E-state index contributed by atoms with van der Waals surface area (Å²) in [5, 5.41) is 12.2. The molecule has 0 aromatic heterocycles. The smallest absolute Gasteiger partial charge is 0.337 e. The molecule has 2 aromatic carbocycles. The fraction of sp³-hybridized carbons (Fsp3) is 0.143. The lowest BCUT2D eigenvalue weighted by atomic mass is 10.1. The number of hydrogen-bond donors (Lipinski definition) is 2. The van der Waals surface area contributed by atoms with Crippen LogP contribution < -0.4 is 15.0 Å². The predicted molar refractivity (Wildman–Crippen MR) is 114 cm³/mol. The van der Waals surface area contributed by atoms with Crippen molar-refractivity contribution < 1.29 is 33.8 Å². The van der Waals surface area contributed by atoms with E-state index in [-0.39, 0.29) is 28.3 Å². The summed E-state index contributed by atoms with van der Waals surface area (Å²) >= 11 is 3.20. The molecule has 1 aliphatic heterocycles. The monoisotopic (exact) mass is 488 g/mol. The number of urea groups is 1. The molecule has 1 saturated heterocycles. The van der Waals surface area contributed by atoms with E-state index >= 15 is 0 Å². The summed E-state index contributed by atoms with van der Waals surface area (Å²) in [5.74, 6) is -2.23. The summed E-state index contributed by atoms with van der Waals surface area (Å²) in [7, 11) is 1.24. The number of halogens is 1. The predicted octanol–water partition coefficient (Wildman–Crippen LogP) is 3.01. The number of imide groups is 2. The van der Waals surface area contributed by atoms with Crippen molar-refractivity contribution in [1.82, 2.24) is 5.32 Å². The number of amides is 4. The molecule has 0 saturated carbocycles. The quantitative estimate of drug-likeness (QED) is 0.376. The number of anilines is 1. The molecule has 1 heterocycles. The van der Waals surface area contributed by atoms with Gasteiger partial charge in [-0.2, -0.15) is 0 Å². The number of methoxy groups -OCH3 is 1. The number of hydrogen-bond acceptors (Lipinski definition) is 7. The second-order valence-corrected chi connectivity index (χ2v) is 7.13. The Morgan fingerprint density at radius 2 is 1.87 bits per heavy atom. The van der Waals surface area contributed by atoms with Crippen LogP contribution in [0.5, 0.6) is 11.5 Å². The highest BCUT2D eigenvalue weighted by Crippen LogP contribution is 2.36. The minimum absolute atomic E-state index is 0.120. The number of phenols is 1. The van der Waals surface area contributed by atoms with Crippen LogP contribution in [0.15, 0.2) is 46.4 Å². The molecule has 0 atom stereocenters. The largest absolute Gasteiger partial charge is 0.503 e. The first-order valence-electron chi connectivity index (χ1n) is 9.02. The highest BCUT2D eigenvalue weighted by atomic mass is 79.9. The number of esters is 1. The lowest BCUT2D eigenvalue weighted by Gasteiger charge is -2.26. The van der Waals surface area contributed by atoms with Gasteiger partial charge in [0.15, 0.2) is 11.5 Å². The Morgan fingerprint density at radius 1 is 1.19 bits per heavy atom. The molecule has 3 rings (SSSR count). The number of nitrogens with one attached hydrogen (secondary N) is 1. The van der Waals surface area contributed by atoms with Crippen LogP contribution in [0.4, 0.5) is 10.5 Å². The molecule has 31 heavy (non-hydrogen) atoms. The van der Waals surface area contributed by atoms with Crippen molar-refractivity contribution in [3.8, 4) is 11.5 Å². The van der Waals surface area contributed by atoms with Crippen molar-refractivity contribution in [2.75, 3.05) is 18.6 Å². The normalized spacial score (nSPS) is 15.1. The van der Waals surface area contributed by atoms with Crippen LogP contribution in [0, 0.1) is 0 Å². The van der Waals surface area contributed by atoms with Gasteiger partial charge >= 0.3 is 12.0 Å². The Kier molecular flexibility index (Phi) is 6.40. The average Bonchev–Trinajstić information content (AvgIpc) is 2.74. The SMILES string of the molecule is CCOc1cc(/C=C2\C(=O)NC(=O)N(c3ccc(C(=O)OC)cc3)C2=O)cc(Br)c1O. The van der Waals surface area contributed by atoms with E-state index in [0.29, 0.717) is 16.6 Å². The molecule has 0 radical (unpaired) electrons. The van der Waals surface area contributed by atoms with Crippen molar-refractivity contribution in [1.29, 1.82) is 0 Å². The van der Waals surface area contributed by atoms with Crippen LogP contribution >= 0.6 is 15.9 Å². The van der Waals surface area contributed by atoms with Crippen LogP contribution in [0.2, 0.25) is 0 Å². The van der Waals surface area contributed by atoms with Gasteiger partial charge in [-0.05, 0) is 70.9 Å². The molecule has 4 amide bonds. The second kappa shape index (κ2) is 9.00. The number of phenolic OH excluding ortho intramolecular Hbond substituents is 1. The topological polar surface area (TPSA) is 122 Å². The maximum atomic E-state index is 13.0. The van der Waals surface area contributed by atoms with Crippen LogP contribution in [0.1, 0.15) is 22.8 Å². The Bertz CT molecular complexity index is 1110. The van der Waals surface area contributed by atoms with Crippen molar-refractivity contribution in [2.24, 2.45) is 0 Å². The number of aromatic hydroxyl groups is 1. The third kappa shape index (κ3) is 4.43. The van der Waals surface area contributed by atoms with Gasteiger partial charge < -0.3 is 14.6 Å². The van der Waals surface area contributed by atoms with E-state index in [4.69, 9.17) is 4.74 Å². The molecular formula is C21H17BrN2O7. The Hall–Kier alpha value is -3.66. The fourth-order valence-corrected chi connectivity index (χ4v) is 3.33. The fourth-order valence-electron chi connectivity index (χ4n) is 2.87. The summed E-state index contributed by atoms with van der Waals surface area (Å²) < 4.78 is 10.3. The van der Waals surface area contributed by atoms with Crippen LogP contribution in [-0.4, -0.2) is 42.6 Å². The van der Waals surface area contributed by atoms with Gasteiger partial charge in [0.1, 0.15) is 5.57 Å². The van der Waals surface area contributed by atoms with E-state index in [1.807, 2.05) is 0 Å². The second-order valence-electron chi connectivity index (χ2n) is 6.28. The zero-order valence-electron chi connectivity index (χ0n) is 16.5. The summed E-state index contributed by atoms with van der Waals surface area (Å²) in [6.45, 7) is 2.04. The van der Waals surface area contributed by atoms with E-state index in [0.717, 1.165) is 4.90 Å². The molecule has 0 aliphatic carbocycles. The minimum atomic E-state index is -0.917. The highest BCUT2D eigenvalue weighted by Gasteiger charge is 2.37. The first-order valence-corrected chi connectivity index (χ1v) is 9.81. The Morgan fingerprint density at radius 3 is 2.48 bits per heavy atom. The number of ether oxygens (including phenoxy) is 2. The van der Waals surface area contributed by atoms with Gasteiger partial charge in [0.25, 0.3) is 11.8 Å². The van der Waals surface area contributed by atoms with Crippen molar-refractivity contribution >= 4 is 51.5 Å². The van der Waals surface area contributed by atoms with Gasteiger partial charge in [-0.3, -0.25) is 14.9 Å². The van der Waals surface area contributed by atoms with Crippen LogP contribution in [0.25, 0.3) is 6.08 Å². The van der Waals surface area contributed by atoms with Gasteiger partial charge in [-0.1, -0.05) is 0 Å². The first kappa shape index (κ1) is 22.0. The van der Waals surface area contributed by atoms with Crippen LogP contribution in [0.3, 0.4) is 0 Å². The summed E-state index contributed by atoms with van der Waals surface area (Å²) in [6, 6.07) is 7.61. The van der Waals surface area contributed by atoms with E-state index in [9.17, 15) is 24.3 Å². The molecule has 1 aliphatic rings. The molecule has 0 spiro atoms. The minimum Gasteiger partial charge on any atom is -0.503 e. The van der Waals surface area contributed by atoms with Crippen molar-refractivity contribution in [3.63, 3.8) is 0 Å². The molecule has 160 valence electrons. The Balaban J connectivity index is 1.99. The number of carbonyl (C=O) groups excluding carboxylic acids is 4. The number of rotatable bonds is 5. The van der Waals surface area contributed by atoms with Gasteiger partial charge in [0.2, 0.25) is 0 Å². The van der Waals surface area contributed by atoms with Crippen molar-refractivity contribution in [3.05, 3.63) is 57.6 Å². The number of barbiturate groups is 1. The van der Waals surface area contributed by atoms with Crippen LogP contribution in [-0.2, 0) is 14.3 Å². The van der Waals surface area contributed by atoms with E-state index in [2.05, 4.69) is 26.0 Å². The number of carbonyl (C=O) groups is 4. The van der Waals surface area contributed by atoms with Gasteiger partial charge in [-0.25, -0.2) is 14.5 Å². The summed E-state index contributed by atoms with van der Waals surface area (Å²) in [4.78, 5) is 50.0. The first-order chi connectivity index (χ1) is 14.8. The molecule has 2 N–H and O–H groups in total. The number of nitrogens with zero attached hydrogens (tertiary/aromatic N) is 1. The van der Waals surface area contributed by atoms with E-state index < -0.39 is 23.8 Å². The number of benzene rings is 2. The lowest BCUT2D eigenvalue weighted by Crippen LogP contribution is -2.54. The van der Waals surface area contributed by atoms with Crippen molar-refractivity contribution in [2.45, 2.75) is 6.92 Å². The van der Waals surface area contributed by atoms with E-state index in [1.165, 1.54) is 49.6 Å². The molecule has 2 aromatic rings. The molecule has 9 nitrogen and oxygen atoms in total. The maximum Gasteiger partial charge on any atom is 0.337 e. The Labute approximate surface area is 185 Å².